The van der Waals surface area contributed by atoms with Crippen molar-refractivity contribution in [3.05, 3.63) is 53.2 Å². The van der Waals surface area contributed by atoms with Crippen LogP contribution >= 0.6 is 11.6 Å². The Morgan fingerprint density at radius 2 is 2.29 bits per heavy atom. The number of carbonyl (C=O) groups excluding carboxylic acids is 1. The van der Waals surface area contributed by atoms with Crippen molar-refractivity contribution >= 4 is 28.4 Å². The van der Waals surface area contributed by atoms with Crippen LogP contribution in [0, 0.1) is 0 Å². The van der Waals surface area contributed by atoms with Crippen molar-refractivity contribution in [3.63, 3.8) is 0 Å². The van der Waals surface area contributed by atoms with E-state index >= 15 is 0 Å². The third-order valence-corrected chi connectivity index (χ3v) is 4.74. The van der Waals surface area contributed by atoms with Gasteiger partial charge in [0.1, 0.15) is 11.5 Å². The first-order valence-electron chi connectivity index (χ1n) is 7.77. The maximum absolute atomic E-state index is 13.0. The summed E-state index contributed by atoms with van der Waals surface area (Å²) in [6.45, 7) is 0.539. The zero-order chi connectivity index (χ0) is 16.7. The van der Waals surface area contributed by atoms with E-state index in [1.807, 2.05) is 24.3 Å². The monoisotopic (exact) mass is 344 g/mol. The van der Waals surface area contributed by atoms with E-state index in [0.29, 0.717) is 17.3 Å². The highest BCUT2D eigenvalue weighted by atomic mass is 35.5. The number of nitrogens with one attached hydrogen (secondary N) is 2. The number of carbonyl (C=O) groups is 1. The number of hydrogen-bond donors (Lipinski definition) is 2. The molecule has 0 radical (unpaired) electrons. The zero-order valence-electron chi connectivity index (χ0n) is 13.1. The van der Waals surface area contributed by atoms with Gasteiger partial charge in [-0.25, -0.2) is 4.98 Å². The van der Waals surface area contributed by atoms with Crippen LogP contribution in [0.5, 0.6) is 0 Å². The number of H-pyrrole nitrogens is 2. The minimum absolute atomic E-state index is 0.00266. The summed E-state index contributed by atoms with van der Waals surface area (Å²) in [4.78, 5) is 25.4. The lowest BCUT2D eigenvalue weighted by atomic mass is 10.2. The largest absolute Gasteiger partial charge is 0.380 e. The predicted molar refractivity (Wildman–Crippen MR) is 91.1 cm³/mol. The van der Waals surface area contributed by atoms with Crippen molar-refractivity contribution in [2.24, 2.45) is 0 Å². The Kier molecular flexibility index (Phi) is 3.78. The number of hydrogen-bond acceptors (Lipinski definition) is 3. The standard InChI is InChI=1S/C17H17ClN4O2/c1-24-12-8-15(16-19-4-5-20-16)22(9-12)17(23)14-6-10-2-3-11(18)7-13(10)21-14/h2-7,12,15,21H,8-9H2,1H3,(H,19,20)/t12-,15?/m1/s1. The molecule has 124 valence electrons. The Hall–Kier alpha value is -2.31. The number of ether oxygens (including phenoxy) is 1. The average molecular weight is 345 g/mol. The van der Waals surface area contributed by atoms with Gasteiger partial charge in [0.2, 0.25) is 0 Å². The van der Waals surface area contributed by atoms with Gasteiger partial charge < -0.3 is 19.6 Å². The lowest BCUT2D eigenvalue weighted by molar-refractivity contribution is 0.0680. The van der Waals surface area contributed by atoms with Gasteiger partial charge in [0.15, 0.2) is 0 Å². The van der Waals surface area contributed by atoms with Crippen molar-refractivity contribution in [1.82, 2.24) is 19.9 Å². The van der Waals surface area contributed by atoms with Crippen LogP contribution in [0.4, 0.5) is 0 Å². The van der Waals surface area contributed by atoms with Crippen LogP contribution in [0.1, 0.15) is 28.8 Å². The predicted octanol–water partition coefficient (Wildman–Crippen LogP) is 3.15. The molecule has 6 nitrogen and oxygen atoms in total. The van der Waals surface area contributed by atoms with E-state index in [2.05, 4.69) is 15.0 Å². The number of imidazole rings is 1. The molecule has 2 N–H and O–H groups in total. The van der Waals surface area contributed by atoms with Gasteiger partial charge in [-0.1, -0.05) is 17.7 Å². The molecule has 0 spiro atoms. The molecule has 1 unspecified atom stereocenters. The summed E-state index contributed by atoms with van der Waals surface area (Å²) in [5.41, 5.74) is 1.39. The number of nitrogens with zero attached hydrogens (tertiary/aromatic N) is 2. The number of benzene rings is 1. The molecule has 3 heterocycles. The highest BCUT2D eigenvalue weighted by Crippen LogP contribution is 2.33. The zero-order valence-corrected chi connectivity index (χ0v) is 13.9. The van der Waals surface area contributed by atoms with Gasteiger partial charge in [-0.2, -0.15) is 0 Å². The summed E-state index contributed by atoms with van der Waals surface area (Å²) in [7, 11) is 1.67. The first kappa shape index (κ1) is 15.2. The molecular formula is C17H17ClN4O2. The molecule has 0 saturated carbocycles. The van der Waals surface area contributed by atoms with Crippen LogP contribution in [0.25, 0.3) is 10.9 Å². The molecule has 1 fully saturated rings. The van der Waals surface area contributed by atoms with Gasteiger partial charge in [-0.05, 0) is 18.2 Å². The number of amides is 1. The van der Waals surface area contributed by atoms with Gasteiger partial charge in [-0.3, -0.25) is 4.79 Å². The fourth-order valence-electron chi connectivity index (χ4n) is 3.28. The SMILES string of the molecule is CO[C@@H]1CC(c2ncc[nH]2)N(C(=O)c2cc3ccc(Cl)cc3[nH]2)C1. The molecule has 1 amide bonds. The quantitative estimate of drug-likeness (QED) is 0.766. The van der Waals surface area contributed by atoms with Crippen LogP contribution in [0.3, 0.4) is 0 Å². The Morgan fingerprint density at radius 1 is 1.42 bits per heavy atom. The van der Waals surface area contributed by atoms with E-state index in [1.54, 1.807) is 24.4 Å². The number of rotatable bonds is 3. The number of likely N-dealkylation sites (tertiary alicyclic amines) is 1. The Morgan fingerprint density at radius 3 is 3.04 bits per heavy atom. The number of halogens is 1. The molecule has 1 aliphatic rings. The van der Waals surface area contributed by atoms with Crippen molar-refractivity contribution in [2.75, 3.05) is 13.7 Å². The topological polar surface area (TPSA) is 74.0 Å². The van der Waals surface area contributed by atoms with Crippen molar-refractivity contribution in [2.45, 2.75) is 18.6 Å². The summed E-state index contributed by atoms with van der Waals surface area (Å²) in [6, 6.07) is 7.27. The molecule has 2 atom stereocenters. The van der Waals surface area contributed by atoms with Gasteiger partial charge in [-0.15, -0.1) is 0 Å². The van der Waals surface area contributed by atoms with Crippen LogP contribution in [0.2, 0.25) is 5.02 Å². The molecule has 1 saturated heterocycles. The van der Waals surface area contributed by atoms with Crippen LogP contribution in [-0.2, 0) is 4.74 Å². The molecule has 3 aromatic rings. The average Bonchev–Trinajstić information content (AvgIpc) is 3.31. The van der Waals surface area contributed by atoms with E-state index in [-0.39, 0.29) is 18.1 Å². The second kappa shape index (κ2) is 5.96. The van der Waals surface area contributed by atoms with Crippen molar-refractivity contribution in [1.29, 1.82) is 0 Å². The molecule has 7 heteroatoms. The number of aromatic nitrogens is 3. The molecule has 0 aliphatic carbocycles. The minimum Gasteiger partial charge on any atom is -0.380 e. The molecule has 1 aromatic carbocycles. The van der Waals surface area contributed by atoms with Gasteiger partial charge in [0.25, 0.3) is 5.91 Å². The Bertz CT molecular complexity index is 874. The van der Waals surface area contributed by atoms with E-state index in [4.69, 9.17) is 16.3 Å². The minimum atomic E-state index is -0.118. The van der Waals surface area contributed by atoms with E-state index in [1.165, 1.54) is 0 Å². The molecule has 24 heavy (non-hydrogen) atoms. The smallest absolute Gasteiger partial charge is 0.271 e. The number of methoxy groups -OCH3 is 1. The highest BCUT2D eigenvalue weighted by Gasteiger charge is 2.38. The van der Waals surface area contributed by atoms with Crippen LogP contribution in [0.15, 0.2) is 36.7 Å². The first-order chi connectivity index (χ1) is 11.7. The van der Waals surface area contributed by atoms with Gasteiger partial charge in [0.05, 0.1) is 12.1 Å². The third-order valence-electron chi connectivity index (χ3n) is 4.51. The van der Waals surface area contributed by atoms with Crippen LogP contribution < -0.4 is 0 Å². The van der Waals surface area contributed by atoms with Crippen molar-refractivity contribution < 1.29 is 9.53 Å². The van der Waals surface area contributed by atoms with Gasteiger partial charge in [0, 0.05) is 48.4 Å². The number of fused-ring (bicyclic) bond motifs is 1. The first-order valence-corrected chi connectivity index (χ1v) is 8.15. The highest BCUT2D eigenvalue weighted by molar-refractivity contribution is 6.31. The second-order valence-electron chi connectivity index (χ2n) is 5.96. The van der Waals surface area contributed by atoms with E-state index in [9.17, 15) is 4.79 Å². The fourth-order valence-corrected chi connectivity index (χ4v) is 3.45. The maximum Gasteiger partial charge on any atom is 0.271 e. The van der Waals surface area contributed by atoms with E-state index < -0.39 is 0 Å². The number of aromatic amines is 2. The molecular weight excluding hydrogens is 328 g/mol. The Labute approximate surface area is 143 Å². The third kappa shape index (κ3) is 2.57. The summed E-state index contributed by atoms with van der Waals surface area (Å²) in [5, 5.41) is 1.59. The summed E-state index contributed by atoms with van der Waals surface area (Å²) in [5.74, 6) is 0.713. The summed E-state index contributed by atoms with van der Waals surface area (Å²) < 4.78 is 5.47. The van der Waals surface area contributed by atoms with E-state index in [0.717, 1.165) is 23.1 Å². The maximum atomic E-state index is 13.0. The summed E-state index contributed by atoms with van der Waals surface area (Å²) >= 11 is 6.02. The molecule has 1 aliphatic heterocycles. The molecule has 4 rings (SSSR count). The van der Waals surface area contributed by atoms with Crippen LogP contribution in [-0.4, -0.2) is 45.5 Å². The lowest BCUT2D eigenvalue weighted by Gasteiger charge is -2.22. The Balaban J connectivity index is 1.67. The summed E-state index contributed by atoms with van der Waals surface area (Å²) in [6.07, 6.45) is 4.19. The normalized spacial score (nSPS) is 20.8. The molecule has 0 bridgehead atoms. The van der Waals surface area contributed by atoms with Gasteiger partial charge >= 0.3 is 0 Å². The lowest BCUT2D eigenvalue weighted by Crippen LogP contribution is -2.32. The molecule has 2 aromatic heterocycles. The second-order valence-corrected chi connectivity index (χ2v) is 6.39. The van der Waals surface area contributed by atoms with Crippen molar-refractivity contribution in [3.8, 4) is 0 Å². The fraction of sp³-hybridized carbons (Fsp3) is 0.294.